The summed E-state index contributed by atoms with van der Waals surface area (Å²) in [5.74, 6) is -1.99. The van der Waals surface area contributed by atoms with Gasteiger partial charge in [0.15, 0.2) is 0 Å². The first-order valence-corrected chi connectivity index (χ1v) is 14.5. The van der Waals surface area contributed by atoms with E-state index in [4.69, 9.17) is 0 Å². The maximum atomic E-state index is 14.2. The van der Waals surface area contributed by atoms with Gasteiger partial charge in [-0.3, -0.25) is 19.3 Å². The Morgan fingerprint density at radius 1 is 1.02 bits per heavy atom. The van der Waals surface area contributed by atoms with Crippen molar-refractivity contribution in [2.24, 2.45) is 0 Å². The summed E-state index contributed by atoms with van der Waals surface area (Å²) in [4.78, 5) is 48.2. The van der Waals surface area contributed by atoms with Gasteiger partial charge < -0.3 is 15.5 Å². The highest BCUT2D eigenvalue weighted by Gasteiger charge is 2.45. The van der Waals surface area contributed by atoms with Crippen LogP contribution in [0.1, 0.15) is 40.0 Å². The Labute approximate surface area is 263 Å². The van der Waals surface area contributed by atoms with Crippen LogP contribution in [0.2, 0.25) is 0 Å². The lowest BCUT2D eigenvalue weighted by Gasteiger charge is -2.37. The van der Waals surface area contributed by atoms with Gasteiger partial charge in [0.05, 0.1) is 29.1 Å². The molecule has 1 aliphatic heterocycles. The summed E-state index contributed by atoms with van der Waals surface area (Å²) < 4.78 is 41.9. The summed E-state index contributed by atoms with van der Waals surface area (Å²) in [6.45, 7) is 2.55. The molecule has 238 valence electrons. The predicted octanol–water partition coefficient (Wildman–Crippen LogP) is 4.64. The lowest BCUT2D eigenvalue weighted by atomic mass is 9.85. The third-order valence-electron chi connectivity index (χ3n) is 7.36. The van der Waals surface area contributed by atoms with Crippen LogP contribution in [0.25, 0.3) is 5.69 Å². The van der Waals surface area contributed by atoms with Crippen LogP contribution >= 0.6 is 0 Å². The number of fused-ring (bicyclic) bond motifs is 1. The van der Waals surface area contributed by atoms with Gasteiger partial charge in [-0.05, 0) is 63.5 Å². The van der Waals surface area contributed by atoms with E-state index in [9.17, 15) is 27.6 Å². The van der Waals surface area contributed by atoms with Crippen LogP contribution < -0.4 is 15.5 Å². The van der Waals surface area contributed by atoms with Crippen molar-refractivity contribution in [1.29, 1.82) is 0 Å². The standard InChI is InChI=1S/C33H32F3N7O3/c1-4-42-31-24(20-37-43(31)23-13-6-5-7-14-23)28(25-15-9-16-26(38-25)39-27(44)17-10-18-41(2)3)29(32(42)46)40-30(45)21-11-8-12-22(19-21)33(34,35)36/h5-17,19-20,28-29H,4,18H2,1-3H3,(H,40,45)(H,38,39,44)/b17-10+/t28-,29-/m0/s1. The molecule has 3 heterocycles. The molecule has 2 aromatic heterocycles. The number of rotatable bonds is 9. The lowest BCUT2D eigenvalue weighted by molar-refractivity contribution is -0.137. The van der Waals surface area contributed by atoms with Crippen molar-refractivity contribution < 1.29 is 27.6 Å². The van der Waals surface area contributed by atoms with E-state index in [2.05, 4.69) is 20.7 Å². The first kappa shape index (κ1) is 32.1. The molecule has 1 aliphatic rings. The van der Waals surface area contributed by atoms with Gasteiger partial charge in [0.2, 0.25) is 5.91 Å². The second-order valence-electron chi connectivity index (χ2n) is 10.9. The molecule has 13 heteroatoms. The maximum Gasteiger partial charge on any atom is 0.416 e. The van der Waals surface area contributed by atoms with Gasteiger partial charge in [-0.15, -0.1) is 0 Å². The number of alkyl halides is 3. The van der Waals surface area contributed by atoms with E-state index in [1.807, 2.05) is 49.3 Å². The number of hydrogen-bond acceptors (Lipinski definition) is 6. The molecule has 3 amide bonds. The first-order valence-electron chi connectivity index (χ1n) is 14.5. The number of para-hydroxylation sites is 1. The smallest absolute Gasteiger partial charge is 0.339 e. The fourth-order valence-corrected chi connectivity index (χ4v) is 5.27. The Balaban J connectivity index is 1.58. The number of aromatic nitrogens is 3. The van der Waals surface area contributed by atoms with E-state index in [0.717, 1.165) is 18.2 Å². The van der Waals surface area contributed by atoms with Crippen molar-refractivity contribution in [1.82, 2.24) is 25.0 Å². The zero-order valence-corrected chi connectivity index (χ0v) is 25.3. The van der Waals surface area contributed by atoms with Crippen LogP contribution in [-0.2, 0) is 15.8 Å². The van der Waals surface area contributed by atoms with E-state index < -0.39 is 41.4 Å². The van der Waals surface area contributed by atoms with Crippen LogP contribution in [0.5, 0.6) is 0 Å². The normalized spacial score (nSPS) is 16.5. The number of likely N-dealkylation sites (N-methyl/N-ethyl adjacent to an activating group) is 2. The Bertz CT molecular complexity index is 1770. The minimum Gasteiger partial charge on any atom is -0.339 e. The van der Waals surface area contributed by atoms with Crippen molar-refractivity contribution >= 4 is 29.4 Å². The van der Waals surface area contributed by atoms with Gasteiger partial charge in [0.25, 0.3) is 11.8 Å². The molecule has 0 unspecified atom stereocenters. The number of pyridine rings is 1. The van der Waals surface area contributed by atoms with Crippen molar-refractivity contribution in [3.05, 3.63) is 114 Å². The van der Waals surface area contributed by atoms with Gasteiger partial charge in [0, 0.05) is 30.3 Å². The van der Waals surface area contributed by atoms with Crippen molar-refractivity contribution in [2.75, 3.05) is 37.4 Å². The van der Waals surface area contributed by atoms with Gasteiger partial charge in [-0.1, -0.05) is 36.4 Å². The summed E-state index contributed by atoms with van der Waals surface area (Å²) in [7, 11) is 3.74. The molecule has 0 spiro atoms. The molecular weight excluding hydrogens is 599 g/mol. The monoisotopic (exact) mass is 631 g/mol. The number of nitrogens with zero attached hydrogens (tertiary/aromatic N) is 5. The summed E-state index contributed by atoms with van der Waals surface area (Å²) in [5, 5.41) is 9.99. The van der Waals surface area contributed by atoms with Gasteiger partial charge in [-0.25, -0.2) is 9.67 Å². The molecule has 46 heavy (non-hydrogen) atoms. The van der Waals surface area contributed by atoms with Crippen molar-refractivity contribution in [3.8, 4) is 5.69 Å². The average Bonchev–Trinajstić information content (AvgIpc) is 3.46. The fourth-order valence-electron chi connectivity index (χ4n) is 5.27. The van der Waals surface area contributed by atoms with E-state index in [0.29, 0.717) is 29.3 Å². The Morgan fingerprint density at radius 2 is 1.76 bits per heavy atom. The quantitative estimate of drug-likeness (QED) is 0.261. The zero-order chi connectivity index (χ0) is 33.0. The van der Waals surface area contributed by atoms with E-state index in [-0.39, 0.29) is 17.9 Å². The number of halogens is 3. The first-order chi connectivity index (χ1) is 22.0. The number of benzene rings is 2. The van der Waals surface area contributed by atoms with Crippen molar-refractivity contribution in [2.45, 2.75) is 25.1 Å². The summed E-state index contributed by atoms with van der Waals surface area (Å²) in [6, 6.07) is 16.8. The van der Waals surface area contributed by atoms with E-state index in [1.165, 1.54) is 17.0 Å². The van der Waals surface area contributed by atoms with Crippen LogP contribution in [0.3, 0.4) is 0 Å². The van der Waals surface area contributed by atoms with E-state index in [1.54, 1.807) is 42.1 Å². The third kappa shape index (κ3) is 6.84. The maximum absolute atomic E-state index is 14.2. The molecule has 0 radical (unpaired) electrons. The third-order valence-corrected chi connectivity index (χ3v) is 7.36. The molecule has 0 aliphatic carbocycles. The molecule has 0 saturated carbocycles. The second-order valence-corrected chi connectivity index (χ2v) is 10.9. The van der Waals surface area contributed by atoms with Crippen LogP contribution in [-0.4, -0.2) is 70.6 Å². The highest BCUT2D eigenvalue weighted by molar-refractivity contribution is 6.05. The number of anilines is 2. The lowest BCUT2D eigenvalue weighted by Crippen LogP contribution is -2.55. The van der Waals surface area contributed by atoms with Crippen molar-refractivity contribution in [3.63, 3.8) is 0 Å². The number of amides is 3. The molecule has 2 aromatic carbocycles. The molecule has 0 saturated heterocycles. The molecule has 4 aromatic rings. The number of hydrogen-bond donors (Lipinski definition) is 2. The molecule has 10 nitrogen and oxygen atoms in total. The second kappa shape index (κ2) is 13.4. The molecule has 2 atom stereocenters. The average molecular weight is 632 g/mol. The molecule has 0 bridgehead atoms. The molecule has 5 rings (SSSR count). The van der Waals surface area contributed by atoms with Crippen LogP contribution in [0, 0.1) is 0 Å². The van der Waals surface area contributed by atoms with Crippen LogP contribution in [0.4, 0.5) is 24.8 Å². The van der Waals surface area contributed by atoms with Gasteiger partial charge in [-0.2, -0.15) is 18.3 Å². The van der Waals surface area contributed by atoms with Crippen LogP contribution in [0.15, 0.2) is 91.1 Å². The Hall–Kier alpha value is -5.30. The zero-order valence-electron chi connectivity index (χ0n) is 25.3. The SMILES string of the molecule is CCN1C(=O)[C@@H](NC(=O)c2cccc(C(F)(F)F)c2)[C@H](c2cccc(NC(=O)/C=C/CN(C)C)n2)c2cnn(-c3ccccc3)c21. The summed E-state index contributed by atoms with van der Waals surface area (Å²) in [6.07, 6.45) is 0.0118. The number of nitrogens with one attached hydrogen (secondary N) is 2. The summed E-state index contributed by atoms with van der Waals surface area (Å²) >= 11 is 0. The number of carbonyl (C=O) groups excluding carboxylic acids is 3. The highest BCUT2D eigenvalue weighted by atomic mass is 19.4. The molecular formula is C33H32F3N7O3. The summed E-state index contributed by atoms with van der Waals surface area (Å²) in [5.41, 5.74) is 0.342. The number of carbonyl (C=O) groups is 3. The molecule has 0 fully saturated rings. The predicted molar refractivity (Wildman–Crippen MR) is 167 cm³/mol. The topological polar surface area (TPSA) is 112 Å². The highest BCUT2D eigenvalue weighted by Crippen LogP contribution is 2.41. The Morgan fingerprint density at radius 3 is 2.46 bits per heavy atom. The minimum absolute atomic E-state index is 0.210. The fraction of sp³-hybridized carbons (Fsp3) is 0.242. The largest absolute Gasteiger partial charge is 0.416 e. The van der Waals surface area contributed by atoms with Gasteiger partial charge in [0.1, 0.15) is 17.7 Å². The Kier molecular flexibility index (Phi) is 9.33. The van der Waals surface area contributed by atoms with E-state index >= 15 is 0 Å². The minimum atomic E-state index is -4.66. The molecule has 2 N–H and O–H groups in total. The van der Waals surface area contributed by atoms with Gasteiger partial charge >= 0.3 is 6.18 Å².